The molecule has 4 heteroatoms. The number of rotatable bonds is 6. The second kappa shape index (κ2) is 6.66. The Bertz CT molecular complexity index is 432. The molecule has 0 fully saturated rings. The van der Waals surface area contributed by atoms with Crippen molar-refractivity contribution in [2.75, 3.05) is 6.54 Å². The van der Waals surface area contributed by atoms with Gasteiger partial charge >= 0.3 is 0 Å². The Hall–Kier alpha value is -1.42. The summed E-state index contributed by atoms with van der Waals surface area (Å²) >= 11 is 0. The average molecular weight is 266 g/mol. The van der Waals surface area contributed by atoms with Crippen LogP contribution >= 0.6 is 0 Å². The third-order valence-electron chi connectivity index (χ3n) is 3.28. The van der Waals surface area contributed by atoms with Crippen molar-refractivity contribution in [3.63, 3.8) is 0 Å². The first kappa shape index (κ1) is 15.6. The van der Waals surface area contributed by atoms with Crippen LogP contribution in [0.15, 0.2) is 24.3 Å². The lowest BCUT2D eigenvalue weighted by molar-refractivity contribution is -0.122. The highest BCUT2D eigenvalue weighted by molar-refractivity contribution is 5.78. The van der Waals surface area contributed by atoms with Crippen molar-refractivity contribution in [3.8, 4) is 0 Å². The molecule has 0 saturated heterocycles. The zero-order chi connectivity index (χ0) is 14.5. The quantitative estimate of drug-likeness (QED) is 0.831. The zero-order valence-corrected chi connectivity index (χ0v) is 12.1. The maximum absolute atomic E-state index is 13.1. The number of benzene rings is 1. The van der Waals surface area contributed by atoms with Gasteiger partial charge in [-0.3, -0.25) is 4.79 Å². The van der Waals surface area contributed by atoms with Crippen LogP contribution in [0.3, 0.4) is 0 Å². The highest BCUT2D eigenvalue weighted by Gasteiger charge is 2.18. The third kappa shape index (κ3) is 5.39. The summed E-state index contributed by atoms with van der Waals surface area (Å²) in [6.45, 7) is 8.14. The van der Waals surface area contributed by atoms with E-state index in [4.69, 9.17) is 0 Å². The molecule has 1 amide bonds. The minimum Gasteiger partial charge on any atom is -0.350 e. The molecule has 1 aromatic carbocycles. The van der Waals surface area contributed by atoms with E-state index in [1.165, 1.54) is 12.1 Å². The van der Waals surface area contributed by atoms with E-state index >= 15 is 0 Å². The van der Waals surface area contributed by atoms with Crippen LogP contribution in [0.2, 0.25) is 0 Å². The Labute approximate surface area is 114 Å². The number of nitrogens with one attached hydrogen (secondary N) is 2. The molecule has 1 atom stereocenters. The smallest absolute Gasteiger partial charge is 0.234 e. The molecule has 0 bridgehead atoms. The highest BCUT2D eigenvalue weighted by Crippen LogP contribution is 2.13. The largest absolute Gasteiger partial charge is 0.350 e. The van der Waals surface area contributed by atoms with E-state index in [0.717, 1.165) is 12.0 Å². The molecule has 0 saturated carbocycles. The minimum absolute atomic E-state index is 0.0462. The summed E-state index contributed by atoms with van der Waals surface area (Å²) in [6.07, 6.45) is 0.873. The highest BCUT2D eigenvalue weighted by atomic mass is 19.1. The summed E-state index contributed by atoms with van der Waals surface area (Å²) in [5.74, 6) is -0.308. The van der Waals surface area contributed by atoms with Gasteiger partial charge < -0.3 is 10.6 Å². The zero-order valence-electron chi connectivity index (χ0n) is 12.1. The summed E-state index contributed by atoms with van der Waals surface area (Å²) < 4.78 is 13.1. The lowest BCUT2D eigenvalue weighted by Gasteiger charge is -2.25. The monoisotopic (exact) mass is 266 g/mol. The predicted octanol–water partition coefficient (Wildman–Crippen LogP) is 2.78. The summed E-state index contributed by atoms with van der Waals surface area (Å²) in [6, 6.07) is 6.34. The molecule has 0 aliphatic carbocycles. The Morgan fingerprint density at radius 1 is 1.42 bits per heavy atom. The van der Waals surface area contributed by atoms with Crippen molar-refractivity contribution >= 4 is 5.91 Å². The molecular weight excluding hydrogens is 243 g/mol. The fourth-order valence-corrected chi connectivity index (χ4v) is 1.65. The number of hydrogen-bond acceptors (Lipinski definition) is 2. The molecular formula is C15H23FN2O. The van der Waals surface area contributed by atoms with E-state index in [1.54, 1.807) is 6.07 Å². The second-order valence-electron chi connectivity index (χ2n) is 5.44. The maximum Gasteiger partial charge on any atom is 0.234 e. The molecule has 0 aromatic heterocycles. The number of carbonyl (C=O) groups is 1. The van der Waals surface area contributed by atoms with Crippen molar-refractivity contribution in [1.29, 1.82) is 0 Å². The van der Waals surface area contributed by atoms with Gasteiger partial charge in [-0.1, -0.05) is 19.1 Å². The van der Waals surface area contributed by atoms with E-state index < -0.39 is 0 Å². The fraction of sp³-hybridized carbons (Fsp3) is 0.533. The van der Waals surface area contributed by atoms with Crippen molar-refractivity contribution in [1.82, 2.24) is 10.6 Å². The number of amides is 1. The van der Waals surface area contributed by atoms with E-state index in [2.05, 4.69) is 10.6 Å². The minimum atomic E-state index is -0.261. The Morgan fingerprint density at radius 3 is 2.68 bits per heavy atom. The number of hydrogen-bond donors (Lipinski definition) is 2. The topological polar surface area (TPSA) is 41.1 Å². The number of carbonyl (C=O) groups excluding carboxylic acids is 1. The molecule has 0 radical (unpaired) electrons. The van der Waals surface area contributed by atoms with Crippen LogP contribution in [0.5, 0.6) is 0 Å². The molecule has 19 heavy (non-hydrogen) atoms. The number of halogens is 1. The van der Waals surface area contributed by atoms with Crippen LogP contribution in [-0.4, -0.2) is 18.0 Å². The molecule has 1 aromatic rings. The van der Waals surface area contributed by atoms with E-state index in [9.17, 15) is 9.18 Å². The molecule has 0 unspecified atom stereocenters. The lowest BCUT2D eigenvalue weighted by atomic mass is 10.0. The van der Waals surface area contributed by atoms with Gasteiger partial charge in [-0.05, 0) is 44.9 Å². The predicted molar refractivity (Wildman–Crippen MR) is 75.3 cm³/mol. The standard InChI is InChI=1S/C15H23FN2O/c1-5-15(3,4)18-14(19)10-17-11(2)12-7-6-8-13(16)9-12/h6-9,11,17H,5,10H2,1-4H3,(H,18,19)/t11-/m0/s1. The average Bonchev–Trinajstić information content (AvgIpc) is 2.35. The van der Waals surface area contributed by atoms with E-state index in [-0.39, 0.29) is 29.8 Å². The van der Waals surface area contributed by atoms with Crippen molar-refractivity contribution < 1.29 is 9.18 Å². The first-order valence-electron chi connectivity index (χ1n) is 6.64. The molecule has 3 nitrogen and oxygen atoms in total. The molecule has 0 heterocycles. The third-order valence-corrected chi connectivity index (χ3v) is 3.28. The fourth-order valence-electron chi connectivity index (χ4n) is 1.65. The molecule has 1 rings (SSSR count). The van der Waals surface area contributed by atoms with E-state index in [1.807, 2.05) is 33.8 Å². The van der Waals surface area contributed by atoms with Crippen LogP contribution in [0.25, 0.3) is 0 Å². The summed E-state index contributed by atoms with van der Waals surface area (Å²) in [7, 11) is 0. The van der Waals surface area contributed by atoms with Crippen molar-refractivity contribution in [3.05, 3.63) is 35.6 Å². The van der Waals surface area contributed by atoms with Crippen molar-refractivity contribution in [2.24, 2.45) is 0 Å². The van der Waals surface area contributed by atoms with Gasteiger partial charge in [-0.2, -0.15) is 0 Å². The van der Waals surface area contributed by atoms with Crippen LogP contribution < -0.4 is 10.6 Å². The van der Waals surface area contributed by atoms with Gasteiger partial charge in [0.15, 0.2) is 0 Å². The molecule has 106 valence electrons. The Kier molecular flexibility index (Phi) is 5.48. The van der Waals surface area contributed by atoms with Gasteiger partial charge in [0.05, 0.1) is 6.54 Å². The van der Waals surface area contributed by atoms with Crippen LogP contribution in [0.4, 0.5) is 4.39 Å². The van der Waals surface area contributed by atoms with Gasteiger partial charge in [0.25, 0.3) is 0 Å². The van der Waals surface area contributed by atoms with Crippen LogP contribution in [0, 0.1) is 5.82 Å². The van der Waals surface area contributed by atoms with Crippen LogP contribution in [0.1, 0.15) is 45.7 Å². The Morgan fingerprint density at radius 2 is 2.11 bits per heavy atom. The lowest BCUT2D eigenvalue weighted by Crippen LogP contribution is -2.46. The van der Waals surface area contributed by atoms with E-state index in [0.29, 0.717) is 0 Å². The van der Waals surface area contributed by atoms with Crippen LogP contribution in [-0.2, 0) is 4.79 Å². The first-order chi connectivity index (χ1) is 8.84. The molecule has 0 aliphatic heterocycles. The molecule has 0 spiro atoms. The molecule has 0 aliphatic rings. The molecule has 2 N–H and O–H groups in total. The second-order valence-corrected chi connectivity index (χ2v) is 5.44. The van der Waals surface area contributed by atoms with Gasteiger partial charge in [-0.15, -0.1) is 0 Å². The SMILES string of the molecule is CCC(C)(C)NC(=O)CN[C@@H](C)c1cccc(F)c1. The van der Waals surface area contributed by atoms with Gasteiger partial charge in [0.1, 0.15) is 5.82 Å². The van der Waals surface area contributed by atoms with Gasteiger partial charge in [-0.25, -0.2) is 4.39 Å². The first-order valence-corrected chi connectivity index (χ1v) is 6.64. The summed E-state index contributed by atoms with van der Waals surface area (Å²) in [5, 5.41) is 6.04. The Balaban J connectivity index is 2.46. The van der Waals surface area contributed by atoms with Gasteiger partial charge in [0, 0.05) is 11.6 Å². The van der Waals surface area contributed by atoms with Crippen molar-refractivity contribution in [2.45, 2.75) is 45.7 Å². The maximum atomic E-state index is 13.1. The normalized spacial score (nSPS) is 13.1. The summed E-state index contributed by atoms with van der Waals surface area (Å²) in [4.78, 5) is 11.8. The van der Waals surface area contributed by atoms with Gasteiger partial charge in [0.2, 0.25) is 5.91 Å². The summed E-state index contributed by atoms with van der Waals surface area (Å²) in [5.41, 5.74) is 0.642.